The summed E-state index contributed by atoms with van der Waals surface area (Å²) in [6.07, 6.45) is 9.30. The molecular weight excluding hydrogens is 138 g/mol. The summed E-state index contributed by atoms with van der Waals surface area (Å²) in [6, 6.07) is 0. The van der Waals surface area contributed by atoms with E-state index in [-0.39, 0.29) is 5.41 Å². The third-order valence-electron chi connectivity index (χ3n) is 1.58. The van der Waals surface area contributed by atoms with Crippen molar-refractivity contribution < 1.29 is 0 Å². The van der Waals surface area contributed by atoms with Crippen molar-refractivity contribution in [1.29, 1.82) is 0 Å². The molecule has 0 radical (unpaired) electrons. The van der Waals surface area contributed by atoms with Gasteiger partial charge in [-0.3, -0.25) is 0 Å². The van der Waals surface area contributed by atoms with E-state index >= 15 is 0 Å². The number of hydrogen-bond acceptors (Lipinski definition) is 2. The van der Waals surface area contributed by atoms with E-state index in [0.29, 0.717) is 5.70 Å². The highest BCUT2D eigenvalue weighted by Crippen LogP contribution is 2.22. The minimum atomic E-state index is 0.0307. The van der Waals surface area contributed by atoms with E-state index in [4.69, 9.17) is 0 Å². The van der Waals surface area contributed by atoms with E-state index in [1.807, 2.05) is 18.2 Å². The molecule has 0 saturated heterocycles. The second kappa shape index (κ2) is 2.82. The van der Waals surface area contributed by atoms with E-state index in [1.165, 1.54) is 0 Å². The molecule has 0 aromatic rings. The second-order valence-electron chi connectivity index (χ2n) is 3.20. The smallest absolute Gasteiger partial charge is 0.107 e. The molecule has 1 rings (SSSR count). The molecule has 0 saturated carbocycles. The SMILES string of the molecule is CC1(C)C=CC=C(N=O)C=C1. The summed E-state index contributed by atoms with van der Waals surface area (Å²) in [5.74, 6) is 0. The fourth-order valence-electron chi connectivity index (χ4n) is 0.867. The summed E-state index contributed by atoms with van der Waals surface area (Å²) >= 11 is 0. The fourth-order valence-corrected chi connectivity index (χ4v) is 0.867. The Kier molecular flexibility index (Phi) is 2.03. The summed E-state index contributed by atoms with van der Waals surface area (Å²) in [5, 5.41) is 2.85. The molecule has 0 amide bonds. The minimum Gasteiger partial charge on any atom is -0.145 e. The van der Waals surface area contributed by atoms with Gasteiger partial charge in [-0.05, 0) is 17.3 Å². The number of nitrogens with zero attached hydrogens (tertiary/aromatic N) is 1. The van der Waals surface area contributed by atoms with Crippen LogP contribution in [0, 0.1) is 10.3 Å². The van der Waals surface area contributed by atoms with Gasteiger partial charge in [0.25, 0.3) is 0 Å². The van der Waals surface area contributed by atoms with Gasteiger partial charge >= 0.3 is 0 Å². The van der Waals surface area contributed by atoms with Gasteiger partial charge in [0, 0.05) is 5.41 Å². The normalized spacial score (nSPS) is 20.7. The second-order valence-corrected chi connectivity index (χ2v) is 3.20. The first-order chi connectivity index (χ1) is 5.14. The molecule has 0 N–H and O–H groups in total. The summed E-state index contributed by atoms with van der Waals surface area (Å²) in [7, 11) is 0. The van der Waals surface area contributed by atoms with Gasteiger partial charge in [-0.2, -0.15) is 0 Å². The largest absolute Gasteiger partial charge is 0.145 e. The predicted octanol–water partition coefficient (Wildman–Crippen LogP) is 2.79. The van der Waals surface area contributed by atoms with Crippen LogP contribution in [-0.4, -0.2) is 0 Å². The van der Waals surface area contributed by atoms with Crippen LogP contribution in [0.5, 0.6) is 0 Å². The standard InChI is InChI=1S/C9H11NO/c1-9(2)6-3-4-8(10-11)5-7-9/h3-7H,1-2H3. The van der Waals surface area contributed by atoms with Crippen LogP contribution in [0.4, 0.5) is 0 Å². The maximum atomic E-state index is 10.1. The molecule has 1 aliphatic carbocycles. The Morgan fingerprint density at radius 2 is 2.09 bits per heavy atom. The molecule has 0 atom stereocenters. The van der Waals surface area contributed by atoms with Gasteiger partial charge < -0.3 is 0 Å². The average molecular weight is 149 g/mol. The Morgan fingerprint density at radius 1 is 1.36 bits per heavy atom. The number of nitroso groups, excluding NO2 is 1. The zero-order valence-corrected chi connectivity index (χ0v) is 6.74. The van der Waals surface area contributed by atoms with Crippen molar-refractivity contribution in [3.8, 4) is 0 Å². The van der Waals surface area contributed by atoms with Crippen molar-refractivity contribution in [2.75, 3.05) is 0 Å². The van der Waals surface area contributed by atoms with Crippen LogP contribution in [0.15, 0.2) is 41.3 Å². The van der Waals surface area contributed by atoms with Crippen LogP contribution in [0.2, 0.25) is 0 Å². The highest BCUT2D eigenvalue weighted by Gasteiger charge is 2.09. The molecule has 58 valence electrons. The van der Waals surface area contributed by atoms with Crippen molar-refractivity contribution in [2.24, 2.45) is 10.6 Å². The quantitative estimate of drug-likeness (QED) is 0.527. The third kappa shape index (κ3) is 2.15. The Labute approximate surface area is 66.3 Å². The average Bonchev–Trinajstić information content (AvgIpc) is 2.10. The van der Waals surface area contributed by atoms with Crippen LogP contribution >= 0.6 is 0 Å². The molecule has 2 nitrogen and oxygen atoms in total. The lowest BCUT2D eigenvalue weighted by Gasteiger charge is -2.11. The van der Waals surface area contributed by atoms with Gasteiger partial charge in [0.15, 0.2) is 0 Å². The maximum Gasteiger partial charge on any atom is 0.107 e. The maximum absolute atomic E-state index is 10.1. The summed E-state index contributed by atoms with van der Waals surface area (Å²) < 4.78 is 0. The highest BCUT2D eigenvalue weighted by atomic mass is 16.3. The van der Waals surface area contributed by atoms with Crippen LogP contribution in [0.3, 0.4) is 0 Å². The molecule has 1 aliphatic rings. The van der Waals surface area contributed by atoms with Crippen molar-refractivity contribution in [3.63, 3.8) is 0 Å². The molecule has 11 heavy (non-hydrogen) atoms. The summed E-state index contributed by atoms with van der Waals surface area (Å²) in [5.41, 5.74) is 0.509. The number of allylic oxidation sites excluding steroid dienone is 5. The molecule has 0 bridgehead atoms. The van der Waals surface area contributed by atoms with Crippen LogP contribution < -0.4 is 0 Å². The lowest BCUT2D eigenvalue weighted by molar-refractivity contribution is 0.627. The monoisotopic (exact) mass is 149 g/mol. The summed E-state index contributed by atoms with van der Waals surface area (Å²) in [6.45, 7) is 4.14. The van der Waals surface area contributed by atoms with E-state index < -0.39 is 0 Å². The minimum absolute atomic E-state index is 0.0307. The topological polar surface area (TPSA) is 29.4 Å². The van der Waals surface area contributed by atoms with Crippen LogP contribution in [-0.2, 0) is 0 Å². The molecule has 0 heterocycles. The van der Waals surface area contributed by atoms with Gasteiger partial charge in [-0.25, -0.2) is 0 Å². The van der Waals surface area contributed by atoms with Gasteiger partial charge in [0.1, 0.15) is 5.70 Å². The molecule has 0 aliphatic heterocycles. The Bertz CT molecular complexity index is 246. The molecular formula is C9H11NO. The molecule has 0 unspecified atom stereocenters. The lowest BCUT2D eigenvalue weighted by Crippen LogP contribution is -2.00. The Hall–Kier alpha value is -1.18. The van der Waals surface area contributed by atoms with E-state index in [0.717, 1.165) is 0 Å². The van der Waals surface area contributed by atoms with E-state index in [2.05, 4.69) is 19.0 Å². The van der Waals surface area contributed by atoms with Crippen molar-refractivity contribution in [2.45, 2.75) is 13.8 Å². The molecule has 0 aromatic carbocycles. The molecule has 0 aromatic heterocycles. The van der Waals surface area contributed by atoms with Gasteiger partial charge in [-0.1, -0.05) is 32.1 Å². The lowest BCUT2D eigenvalue weighted by atomic mass is 9.93. The molecule has 0 fully saturated rings. The zero-order valence-electron chi connectivity index (χ0n) is 6.74. The van der Waals surface area contributed by atoms with Gasteiger partial charge in [0.2, 0.25) is 0 Å². The van der Waals surface area contributed by atoms with Crippen molar-refractivity contribution in [1.82, 2.24) is 0 Å². The van der Waals surface area contributed by atoms with Crippen molar-refractivity contribution >= 4 is 0 Å². The number of hydrogen-bond donors (Lipinski definition) is 0. The van der Waals surface area contributed by atoms with Crippen LogP contribution in [0.1, 0.15) is 13.8 Å². The number of rotatable bonds is 1. The zero-order chi connectivity index (χ0) is 8.32. The Balaban J connectivity index is 2.91. The summed E-state index contributed by atoms with van der Waals surface area (Å²) in [4.78, 5) is 10.1. The first-order valence-electron chi connectivity index (χ1n) is 3.56. The van der Waals surface area contributed by atoms with Crippen LogP contribution in [0.25, 0.3) is 0 Å². The first-order valence-corrected chi connectivity index (χ1v) is 3.56. The molecule has 0 spiro atoms. The van der Waals surface area contributed by atoms with E-state index in [1.54, 1.807) is 12.2 Å². The highest BCUT2D eigenvalue weighted by molar-refractivity contribution is 5.29. The molecule has 2 heteroatoms. The van der Waals surface area contributed by atoms with E-state index in [9.17, 15) is 4.91 Å². The van der Waals surface area contributed by atoms with Gasteiger partial charge in [0.05, 0.1) is 0 Å². The third-order valence-corrected chi connectivity index (χ3v) is 1.58. The predicted molar refractivity (Wildman–Crippen MR) is 45.9 cm³/mol. The van der Waals surface area contributed by atoms with Gasteiger partial charge in [-0.15, -0.1) is 4.91 Å². The Morgan fingerprint density at radius 3 is 2.73 bits per heavy atom. The fraction of sp³-hybridized carbons (Fsp3) is 0.333. The first kappa shape index (κ1) is 7.92. The van der Waals surface area contributed by atoms with Crippen molar-refractivity contribution in [3.05, 3.63) is 41.0 Å².